The molecule has 51 heavy (non-hydrogen) atoms. The summed E-state index contributed by atoms with van der Waals surface area (Å²) in [5.74, 6) is 0. The van der Waals surface area contributed by atoms with Crippen molar-refractivity contribution in [1.29, 1.82) is 0 Å². The van der Waals surface area contributed by atoms with Gasteiger partial charge in [0.25, 0.3) is 20.2 Å². The molecule has 2 aromatic carbocycles. The van der Waals surface area contributed by atoms with Gasteiger partial charge in [-0.2, -0.15) is 21.4 Å². The molecule has 0 amide bonds. The highest BCUT2D eigenvalue weighted by molar-refractivity contribution is 7.86. The zero-order valence-corrected chi connectivity index (χ0v) is 34.1. The number of benzene rings is 2. The van der Waals surface area contributed by atoms with E-state index in [0.717, 1.165) is 22.6 Å². The fourth-order valence-corrected chi connectivity index (χ4v) is 12.1. The largest absolute Gasteiger partial charge is 0.415 e. The van der Waals surface area contributed by atoms with Crippen LogP contribution in [-0.4, -0.2) is 128 Å². The first-order valence-electron chi connectivity index (χ1n) is 16.8. The van der Waals surface area contributed by atoms with Crippen molar-refractivity contribution in [3.8, 4) is 0 Å². The minimum Gasteiger partial charge on any atom is -0.415 e. The highest BCUT2D eigenvalue weighted by atomic mass is 32.2. The molecule has 0 fully saturated rings. The lowest BCUT2D eigenvalue weighted by molar-refractivity contribution is -0.440. The molecule has 2 heterocycles. The van der Waals surface area contributed by atoms with Crippen LogP contribution in [-0.2, 0) is 44.3 Å². The summed E-state index contributed by atoms with van der Waals surface area (Å²) in [6.07, 6.45) is 0.907. The molecule has 2 aromatic rings. The van der Waals surface area contributed by atoms with Crippen molar-refractivity contribution in [2.75, 3.05) is 58.0 Å². The fourth-order valence-electron chi connectivity index (χ4n) is 7.69. The smallest absolute Gasteiger partial charge is 0.364 e. The Morgan fingerprint density at radius 1 is 0.784 bits per heavy atom. The van der Waals surface area contributed by atoms with Gasteiger partial charge in [0.2, 0.25) is 14.0 Å². The topological polar surface area (TPSA) is 203 Å². The van der Waals surface area contributed by atoms with Crippen LogP contribution in [0.1, 0.15) is 58.1 Å². The van der Waals surface area contributed by atoms with Crippen molar-refractivity contribution in [2.24, 2.45) is 0 Å². The van der Waals surface area contributed by atoms with Crippen LogP contribution in [0.2, 0.25) is 12.1 Å². The van der Waals surface area contributed by atoms with E-state index < -0.39 is 47.9 Å². The van der Waals surface area contributed by atoms with Crippen LogP contribution in [0.25, 0.3) is 0 Å². The monoisotopic (exact) mass is 789 g/mol. The maximum Gasteiger partial charge on any atom is 0.364 e. The lowest BCUT2D eigenvalue weighted by Gasteiger charge is -2.36. The zero-order valence-electron chi connectivity index (χ0n) is 30.4. The van der Waals surface area contributed by atoms with Crippen LogP contribution in [0.15, 0.2) is 46.2 Å². The number of aliphatic hydroxyl groups excluding tert-OH is 3. The van der Waals surface area contributed by atoms with Crippen LogP contribution >= 0.6 is 0 Å². The van der Waals surface area contributed by atoms with E-state index in [2.05, 4.69) is 9.48 Å². The maximum atomic E-state index is 12.2. The zero-order chi connectivity index (χ0) is 38.2. The van der Waals surface area contributed by atoms with E-state index in [1.165, 1.54) is 45.6 Å². The molecule has 286 valence electrons. The summed E-state index contributed by atoms with van der Waals surface area (Å²) in [7, 11) is -10.1. The van der Waals surface area contributed by atoms with Gasteiger partial charge in [-0.05, 0) is 68.3 Å². The molecule has 1 atom stereocenters. The third-order valence-corrected chi connectivity index (χ3v) is 19.2. The molecular formula is C33H53N2O12S2Si2+. The standard InChI is InChI=1S/C33H52N2O12S2Si2/c1-32(2)26-18-24(48(39,40)41)10-12-28(26)34(14-8-16-50(21-36,22-37)45-5)30(32)20-31-33(3,4)27-19-25(49(42,43)44)11-13-29(27)35(31)15-9-17-51(23-38,46-6)47-7/h10-13,18-19,31,36-38H,8-9,14-17,20-23H2,1-7H3,(H-,39,40,41,42,43,44)/p+1. The van der Waals surface area contributed by atoms with Crippen LogP contribution in [0, 0.1) is 0 Å². The molecule has 0 aromatic heterocycles. The Morgan fingerprint density at radius 3 is 1.86 bits per heavy atom. The van der Waals surface area contributed by atoms with Gasteiger partial charge in [-0.25, -0.2) is 0 Å². The molecule has 4 rings (SSSR count). The van der Waals surface area contributed by atoms with Crippen molar-refractivity contribution in [1.82, 2.24) is 0 Å². The van der Waals surface area contributed by atoms with E-state index in [-0.39, 0.29) is 34.5 Å². The highest BCUT2D eigenvalue weighted by Gasteiger charge is 2.52. The predicted octanol–water partition coefficient (Wildman–Crippen LogP) is 2.81. The van der Waals surface area contributed by atoms with Gasteiger partial charge in [0.15, 0.2) is 5.71 Å². The highest BCUT2D eigenvalue weighted by Crippen LogP contribution is 2.50. The number of hydrogen-bond acceptors (Lipinski definition) is 11. The third kappa shape index (κ3) is 8.07. The molecule has 5 N–H and O–H groups in total. The van der Waals surface area contributed by atoms with Crippen molar-refractivity contribution < 1.29 is 59.1 Å². The second-order valence-corrected chi connectivity index (χ2v) is 24.8. The maximum absolute atomic E-state index is 12.2. The first-order chi connectivity index (χ1) is 23.7. The first-order valence-corrected chi connectivity index (χ1v) is 24.5. The van der Waals surface area contributed by atoms with Gasteiger partial charge in [-0.1, -0.05) is 13.8 Å². The molecule has 0 bridgehead atoms. The molecule has 2 aliphatic rings. The van der Waals surface area contributed by atoms with E-state index in [4.69, 9.17) is 13.3 Å². The molecule has 0 saturated heterocycles. The van der Waals surface area contributed by atoms with Crippen molar-refractivity contribution in [2.45, 2.75) is 85.7 Å². The average Bonchev–Trinajstić information content (AvgIpc) is 3.42. The second kappa shape index (κ2) is 15.3. The Balaban J connectivity index is 1.84. The van der Waals surface area contributed by atoms with Crippen molar-refractivity contribution in [3.63, 3.8) is 0 Å². The number of nitrogens with zero attached hydrogens (tertiary/aromatic N) is 2. The number of hydrogen-bond donors (Lipinski definition) is 5. The lowest BCUT2D eigenvalue weighted by atomic mass is 9.73. The summed E-state index contributed by atoms with van der Waals surface area (Å²) in [5.41, 5.74) is 2.61. The lowest BCUT2D eigenvalue weighted by Crippen LogP contribution is -2.48. The summed E-state index contributed by atoms with van der Waals surface area (Å²) in [6, 6.07) is 9.88. The van der Waals surface area contributed by atoms with E-state index in [1.807, 2.05) is 27.7 Å². The van der Waals surface area contributed by atoms with E-state index in [0.29, 0.717) is 50.0 Å². The Hall–Kier alpha value is -2.08. The van der Waals surface area contributed by atoms with Crippen molar-refractivity contribution in [3.05, 3.63) is 47.5 Å². The van der Waals surface area contributed by atoms with Crippen LogP contribution in [0.3, 0.4) is 0 Å². The Bertz CT molecular complexity index is 1830. The van der Waals surface area contributed by atoms with Crippen LogP contribution < -0.4 is 4.90 Å². The first kappa shape index (κ1) is 41.7. The molecule has 1 unspecified atom stereocenters. The minimum atomic E-state index is -4.49. The quantitative estimate of drug-likeness (QED) is 0.0839. The predicted molar refractivity (Wildman–Crippen MR) is 197 cm³/mol. The normalized spacial score (nSPS) is 18.7. The summed E-state index contributed by atoms with van der Waals surface area (Å²) >= 11 is 0. The van der Waals surface area contributed by atoms with E-state index >= 15 is 0 Å². The third-order valence-electron chi connectivity index (χ3n) is 11.1. The van der Waals surface area contributed by atoms with Gasteiger partial charge in [0, 0.05) is 63.1 Å². The van der Waals surface area contributed by atoms with Gasteiger partial charge in [0.05, 0.1) is 40.3 Å². The fraction of sp³-hybridized carbons (Fsp3) is 0.606. The van der Waals surface area contributed by atoms with Gasteiger partial charge in [-0.15, -0.1) is 0 Å². The summed E-state index contributed by atoms with van der Waals surface area (Å²) < 4.78 is 87.9. The molecule has 0 spiro atoms. The van der Waals surface area contributed by atoms with Crippen LogP contribution in [0.4, 0.5) is 11.4 Å². The Morgan fingerprint density at radius 2 is 1.35 bits per heavy atom. The molecule has 18 heteroatoms. The minimum absolute atomic E-state index is 0.209. The number of aliphatic hydroxyl groups is 3. The molecule has 14 nitrogen and oxygen atoms in total. The molecule has 0 saturated carbocycles. The molecule has 0 aliphatic carbocycles. The number of anilines is 1. The van der Waals surface area contributed by atoms with Gasteiger partial charge >= 0.3 is 8.56 Å². The summed E-state index contributed by atoms with van der Waals surface area (Å²) in [6.45, 7) is 9.03. The molecule has 0 radical (unpaired) electrons. The van der Waals surface area contributed by atoms with Gasteiger partial charge in [0.1, 0.15) is 6.54 Å². The van der Waals surface area contributed by atoms with Crippen molar-refractivity contribution >= 4 is 54.2 Å². The van der Waals surface area contributed by atoms with E-state index in [9.17, 15) is 41.3 Å². The van der Waals surface area contributed by atoms with Crippen LogP contribution in [0.5, 0.6) is 0 Å². The number of rotatable bonds is 18. The second-order valence-electron chi connectivity index (χ2n) is 14.6. The molecule has 2 aliphatic heterocycles. The van der Waals surface area contributed by atoms with Gasteiger partial charge in [-0.3, -0.25) is 9.11 Å². The summed E-state index contributed by atoms with van der Waals surface area (Å²) in [4.78, 5) is 1.79. The Kier molecular flexibility index (Phi) is 12.5. The molecular weight excluding hydrogens is 737 g/mol. The van der Waals surface area contributed by atoms with Gasteiger partial charge < -0.3 is 33.5 Å². The number of fused-ring (bicyclic) bond motifs is 2. The Labute approximate surface area is 303 Å². The van der Waals surface area contributed by atoms with E-state index in [1.54, 1.807) is 12.1 Å². The SMILES string of the molecule is CO[Si](CO)(CO)CCC[N+]1=C(CC2N(CCC[Si](CO)(OC)OC)c3ccc(S(=O)(=O)O)cc3C2(C)C)C(C)(C)c2cc(S(=O)(=O)O)ccc21. The summed E-state index contributed by atoms with van der Waals surface area (Å²) in [5, 5.41) is 30.2. The average molecular weight is 790 g/mol.